The Bertz CT molecular complexity index is 1070. The van der Waals surface area contributed by atoms with Crippen molar-refractivity contribution in [2.75, 3.05) is 12.0 Å². The number of carbonyl (C=O) groups is 1. The Kier molecular flexibility index (Phi) is 3.69. The van der Waals surface area contributed by atoms with Crippen molar-refractivity contribution in [1.29, 1.82) is 0 Å². The van der Waals surface area contributed by atoms with Crippen LogP contribution in [0.1, 0.15) is 30.7 Å². The number of pyridine rings is 1. The van der Waals surface area contributed by atoms with E-state index in [1.165, 1.54) is 0 Å². The Morgan fingerprint density at radius 1 is 1.04 bits per heavy atom. The molecule has 1 fully saturated rings. The molecule has 0 N–H and O–H groups in total. The largest absolute Gasteiger partial charge is 0.495 e. The first-order valence-electron chi connectivity index (χ1n) is 9.39. The maximum Gasteiger partial charge on any atom is 0.242 e. The van der Waals surface area contributed by atoms with Crippen molar-refractivity contribution >= 4 is 17.3 Å². The molecule has 0 unspecified atom stereocenters. The third kappa shape index (κ3) is 2.34. The van der Waals surface area contributed by atoms with Gasteiger partial charge in [-0.3, -0.25) is 14.7 Å². The first-order chi connectivity index (χ1) is 13.6. The molecule has 1 amide bonds. The van der Waals surface area contributed by atoms with Crippen LogP contribution in [0.15, 0.2) is 49.1 Å². The molecule has 2 aliphatic rings. The van der Waals surface area contributed by atoms with E-state index in [1.54, 1.807) is 24.4 Å². The fraction of sp³-hybridized carbons (Fsp3) is 0.273. The molecule has 1 aliphatic carbocycles. The van der Waals surface area contributed by atoms with E-state index in [0.717, 1.165) is 53.2 Å². The number of hydrogen-bond acceptors (Lipinski definition) is 5. The monoisotopic (exact) mass is 372 g/mol. The number of benzene rings is 1. The molecule has 1 saturated carbocycles. The van der Waals surface area contributed by atoms with Crippen molar-refractivity contribution in [3.05, 3.63) is 60.4 Å². The molecule has 3 aromatic rings. The molecule has 28 heavy (non-hydrogen) atoms. The zero-order valence-corrected chi connectivity index (χ0v) is 15.8. The molecule has 0 bridgehead atoms. The lowest BCUT2D eigenvalue weighted by atomic mass is 9.65. The maximum absolute atomic E-state index is 13.5. The number of aromatic nitrogens is 3. The van der Waals surface area contributed by atoms with E-state index < -0.39 is 5.41 Å². The van der Waals surface area contributed by atoms with Crippen molar-refractivity contribution in [3.63, 3.8) is 0 Å². The van der Waals surface area contributed by atoms with Crippen molar-refractivity contribution in [2.45, 2.75) is 31.6 Å². The SMILES string of the molecule is COc1cncc(N2C(=O)C3(CCC3)c3ccc(-c4cnc(C)nc4)cc32)c1. The summed E-state index contributed by atoms with van der Waals surface area (Å²) in [6.45, 7) is 1.86. The predicted molar refractivity (Wildman–Crippen MR) is 106 cm³/mol. The van der Waals surface area contributed by atoms with Gasteiger partial charge in [0.2, 0.25) is 5.91 Å². The summed E-state index contributed by atoms with van der Waals surface area (Å²) < 4.78 is 5.32. The van der Waals surface area contributed by atoms with Crippen molar-refractivity contribution in [2.24, 2.45) is 0 Å². The number of methoxy groups -OCH3 is 1. The molecule has 0 radical (unpaired) electrons. The minimum absolute atomic E-state index is 0.126. The molecule has 140 valence electrons. The molecule has 0 saturated heterocycles. The maximum atomic E-state index is 13.5. The van der Waals surface area contributed by atoms with Gasteiger partial charge in [-0.25, -0.2) is 9.97 Å². The van der Waals surface area contributed by atoms with Gasteiger partial charge in [0, 0.05) is 24.0 Å². The van der Waals surface area contributed by atoms with Gasteiger partial charge in [0.15, 0.2) is 0 Å². The third-order valence-electron chi connectivity index (χ3n) is 5.88. The second-order valence-corrected chi connectivity index (χ2v) is 7.41. The van der Waals surface area contributed by atoms with Crippen LogP contribution in [0, 0.1) is 6.92 Å². The van der Waals surface area contributed by atoms with E-state index in [9.17, 15) is 4.79 Å². The average molecular weight is 372 g/mol. The van der Waals surface area contributed by atoms with Gasteiger partial charge in [-0.1, -0.05) is 18.6 Å². The Balaban J connectivity index is 1.67. The number of carbonyl (C=O) groups excluding carboxylic acids is 1. The van der Waals surface area contributed by atoms with E-state index in [4.69, 9.17) is 4.74 Å². The van der Waals surface area contributed by atoms with Crippen LogP contribution in [0.5, 0.6) is 5.75 Å². The molecule has 1 spiro atoms. The van der Waals surface area contributed by atoms with E-state index in [1.807, 2.05) is 25.4 Å². The highest BCUT2D eigenvalue weighted by atomic mass is 16.5. The van der Waals surface area contributed by atoms with Crippen molar-refractivity contribution in [1.82, 2.24) is 15.0 Å². The van der Waals surface area contributed by atoms with E-state index in [2.05, 4.69) is 33.2 Å². The number of hydrogen-bond donors (Lipinski definition) is 0. The van der Waals surface area contributed by atoms with Gasteiger partial charge in [-0.2, -0.15) is 0 Å². The molecule has 2 aromatic heterocycles. The van der Waals surface area contributed by atoms with Gasteiger partial charge >= 0.3 is 0 Å². The lowest BCUT2D eigenvalue weighted by molar-refractivity contribution is -0.125. The van der Waals surface area contributed by atoms with Gasteiger partial charge in [0.05, 0.1) is 36.3 Å². The third-order valence-corrected chi connectivity index (χ3v) is 5.88. The summed E-state index contributed by atoms with van der Waals surface area (Å²) in [6.07, 6.45) is 9.84. The van der Waals surface area contributed by atoms with E-state index in [-0.39, 0.29) is 5.91 Å². The van der Waals surface area contributed by atoms with Gasteiger partial charge in [0.1, 0.15) is 11.6 Å². The second-order valence-electron chi connectivity index (χ2n) is 7.41. The minimum Gasteiger partial charge on any atom is -0.495 e. The molecular formula is C22H20N4O2. The predicted octanol–water partition coefficient (Wildman–Crippen LogP) is 3.96. The highest BCUT2D eigenvalue weighted by Gasteiger charge is 2.54. The first-order valence-corrected chi connectivity index (χ1v) is 9.39. The Labute approximate surface area is 163 Å². The summed E-state index contributed by atoms with van der Waals surface area (Å²) in [5.74, 6) is 1.49. The number of ether oxygens (including phenoxy) is 1. The van der Waals surface area contributed by atoms with Crippen LogP contribution >= 0.6 is 0 Å². The van der Waals surface area contributed by atoms with Crippen LogP contribution in [0.25, 0.3) is 11.1 Å². The highest BCUT2D eigenvalue weighted by molar-refractivity contribution is 6.14. The van der Waals surface area contributed by atoms with Crippen LogP contribution in [0.2, 0.25) is 0 Å². The zero-order valence-electron chi connectivity index (χ0n) is 15.8. The molecule has 0 atom stereocenters. The standard InChI is InChI=1S/C22H20N4O2/c1-14-24-10-16(11-25-14)15-4-5-19-20(8-15)26(21(27)22(19)6-3-7-22)17-9-18(28-2)13-23-12-17/h4-5,8-13H,3,6-7H2,1-2H3. The fourth-order valence-corrected chi connectivity index (χ4v) is 4.19. The Morgan fingerprint density at radius 3 is 2.50 bits per heavy atom. The average Bonchev–Trinajstić information content (AvgIpc) is 2.96. The van der Waals surface area contributed by atoms with Crippen molar-refractivity contribution < 1.29 is 9.53 Å². The van der Waals surface area contributed by atoms with Crippen LogP contribution in [-0.2, 0) is 10.2 Å². The van der Waals surface area contributed by atoms with E-state index >= 15 is 0 Å². The normalized spacial score (nSPS) is 16.8. The Morgan fingerprint density at radius 2 is 1.82 bits per heavy atom. The summed E-state index contributed by atoms with van der Waals surface area (Å²) in [4.78, 5) is 28.1. The number of amides is 1. The summed E-state index contributed by atoms with van der Waals surface area (Å²) in [5, 5.41) is 0. The van der Waals surface area contributed by atoms with Gasteiger partial charge < -0.3 is 4.74 Å². The van der Waals surface area contributed by atoms with Crippen molar-refractivity contribution in [3.8, 4) is 16.9 Å². The highest BCUT2D eigenvalue weighted by Crippen LogP contribution is 2.56. The number of anilines is 2. The lowest BCUT2D eigenvalue weighted by Crippen LogP contribution is -2.43. The number of rotatable bonds is 3. The van der Waals surface area contributed by atoms with Crippen LogP contribution in [0.3, 0.4) is 0 Å². The number of fused-ring (bicyclic) bond motifs is 2. The van der Waals surface area contributed by atoms with Gasteiger partial charge in [-0.15, -0.1) is 0 Å². The topological polar surface area (TPSA) is 68.2 Å². The zero-order chi connectivity index (χ0) is 19.3. The molecule has 3 heterocycles. The summed E-state index contributed by atoms with van der Waals surface area (Å²) in [6, 6.07) is 8.07. The molecule has 1 aliphatic heterocycles. The number of nitrogens with zero attached hydrogens (tertiary/aromatic N) is 4. The molecule has 6 heteroatoms. The molecule has 1 aromatic carbocycles. The summed E-state index contributed by atoms with van der Waals surface area (Å²) in [7, 11) is 1.60. The summed E-state index contributed by atoms with van der Waals surface area (Å²) >= 11 is 0. The lowest BCUT2D eigenvalue weighted by Gasteiger charge is -2.37. The quantitative estimate of drug-likeness (QED) is 0.696. The van der Waals surface area contributed by atoms with E-state index in [0.29, 0.717) is 5.75 Å². The molecule has 5 rings (SSSR count). The first kappa shape index (κ1) is 16.9. The molecular weight excluding hydrogens is 352 g/mol. The minimum atomic E-state index is -0.402. The summed E-state index contributed by atoms with van der Waals surface area (Å²) in [5.41, 5.74) is 4.26. The Hall–Kier alpha value is -3.28. The fourth-order valence-electron chi connectivity index (χ4n) is 4.19. The van der Waals surface area contributed by atoms with Gasteiger partial charge in [-0.05, 0) is 37.0 Å². The smallest absolute Gasteiger partial charge is 0.242 e. The second kappa shape index (κ2) is 6.12. The van der Waals surface area contributed by atoms with Crippen LogP contribution in [-0.4, -0.2) is 28.0 Å². The van der Waals surface area contributed by atoms with Crippen LogP contribution < -0.4 is 9.64 Å². The molecule has 6 nitrogen and oxygen atoms in total. The number of aryl methyl sites for hydroxylation is 1. The van der Waals surface area contributed by atoms with Crippen LogP contribution in [0.4, 0.5) is 11.4 Å². The van der Waals surface area contributed by atoms with Gasteiger partial charge in [0.25, 0.3) is 0 Å².